The third kappa shape index (κ3) is 3.45. The quantitative estimate of drug-likeness (QED) is 0.754. The molecule has 3 rings (SSSR count). The molecule has 1 amide bonds. The summed E-state index contributed by atoms with van der Waals surface area (Å²) in [5, 5.41) is 13.8. The predicted octanol–water partition coefficient (Wildman–Crippen LogP) is 1.97. The number of amides is 1. The van der Waals surface area contributed by atoms with Gasteiger partial charge in [-0.15, -0.1) is 0 Å². The van der Waals surface area contributed by atoms with Crippen LogP contribution >= 0.6 is 0 Å². The van der Waals surface area contributed by atoms with Gasteiger partial charge < -0.3 is 5.32 Å². The lowest BCUT2D eigenvalue weighted by Crippen LogP contribution is -2.29. The lowest BCUT2D eigenvalue weighted by molar-refractivity contribution is 0.0948. The number of hydrogen-bond donors (Lipinski definition) is 2. The molecule has 118 valence electrons. The number of rotatable bonds is 5. The summed E-state index contributed by atoms with van der Waals surface area (Å²) in [5.74, 6) is 0.574. The number of carbonyl (C=O) groups excluding carboxylic acids is 1. The molecule has 1 aromatic carbocycles. The Morgan fingerprint density at radius 1 is 1.35 bits per heavy atom. The molecule has 0 saturated carbocycles. The first-order valence-corrected chi connectivity index (χ1v) is 7.38. The van der Waals surface area contributed by atoms with E-state index in [0.29, 0.717) is 17.9 Å². The Morgan fingerprint density at radius 2 is 2.13 bits per heavy atom. The molecule has 0 saturated heterocycles. The summed E-state index contributed by atoms with van der Waals surface area (Å²) in [4.78, 5) is 16.3. The summed E-state index contributed by atoms with van der Waals surface area (Å²) in [6.07, 6.45) is 5.22. The van der Waals surface area contributed by atoms with Crippen LogP contribution in [0.5, 0.6) is 0 Å². The van der Waals surface area contributed by atoms with Crippen molar-refractivity contribution < 1.29 is 4.79 Å². The standard InChI is InChI=1S/C16H18N6O/c1-11-7-20-22(9-11)12(2)8-17-16(23)14-5-3-13(4-6-14)15-18-10-19-21-15/h3-7,9-10,12H,8H2,1-2H3,(H,17,23)(H,18,19,21). The zero-order valence-electron chi connectivity index (χ0n) is 13.0. The van der Waals surface area contributed by atoms with Crippen molar-refractivity contribution in [1.82, 2.24) is 30.3 Å². The number of carbonyl (C=O) groups is 1. The molecule has 0 aliphatic rings. The highest BCUT2D eigenvalue weighted by Crippen LogP contribution is 2.14. The van der Waals surface area contributed by atoms with Crippen LogP contribution in [0.25, 0.3) is 11.4 Å². The number of aromatic nitrogens is 5. The molecular formula is C16H18N6O. The average molecular weight is 310 g/mol. The van der Waals surface area contributed by atoms with Crippen LogP contribution in [0, 0.1) is 6.92 Å². The SMILES string of the molecule is Cc1cnn(C(C)CNC(=O)c2ccc(-c3ncn[nH]3)cc2)c1. The van der Waals surface area contributed by atoms with Crippen molar-refractivity contribution in [1.29, 1.82) is 0 Å². The monoisotopic (exact) mass is 310 g/mol. The van der Waals surface area contributed by atoms with Crippen molar-refractivity contribution >= 4 is 5.91 Å². The van der Waals surface area contributed by atoms with Crippen LogP contribution in [-0.2, 0) is 0 Å². The molecule has 3 aromatic rings. The van der Waals surface area contributed by atoms with Crippen molar-refractivity contribution in [3.8, 4) is 11.4 Å². The third-order valence-electron chi connectivity index (χ3n) is 3.58. The summed E-state index contributed by atoms with van der Waals surface area (Å²) in [7, 11) is 0. The number of H-pyrrole nitrogens is 1. The molecule has 2 aromatic heterocycles. The number of nitrogens with zero attached hydrogens (tertiary/aromatic N) is 4. The van der Waals surface area contributed by atoms with Gasteiger partial charge in [0.2, 0.25) is 0 Å². The van der Waals surface area contributed by atoms with Gasteiger partial charge in [-0.1, -0.05) is 12.1 Å². The van der Waals surface area contributed by atoms with Crippen molar-refractivity contribution in [2.45, 2.75) is 19.9 Å². The Hall–Kier alpha value is -2.96. The van der Waals surface area contributed by atoms with Crippen molar-refractivity contribution in [2.75, 3.05) is 6.54 Å². The fraction of sp³-hybridized carbons (Fsp3) is 0.250. The minimum Gasteiger partial charge on any atom is -0.350 e. The summed E-state index contributed by atoms with van der Waals surface area (Å²) < 4.78 is 1.85. The van der Waals surface area contributed by atoms with Gasteiger partial charge in [-0.3, -0.25) is 14.6 Å². The topological polar surface area (TPSA) is 88.5 Å². The second kappa shape index (κ2) is 6.43. The molecule has 0 aliphatic carbocycles. The lowest BCUT2D eigenvalue weighted by Gasteiger charge is -2.13. The van der Waals surface area contributed by atoms with Crippen molar-refractivity contribution in [3.05, 3.63) is 54.1 Å². The van der Waals surface area contributed by atoms with Gasteiger partial charge in [0.05, 0.1) is 12.2 Å². The zero-order chi connectivity index (χ0) is 16.2. The van der Waals surface area contributed by atoms with E-state index >= 15 is 0 Å². The minimum absolute atomic E-state index is 0.0983. The molecule has 7 heteroatoms. The van der Waals surface area contributed by atoms with E-state index in [-0.39, 0.29) is 11.9 Å². The van der Waals surface area contributed by atoms with Crippen LogP contribution in [0.15, 0.2) is 43.0 Å². The molecule has 23 heavy (non-hydrogen) atoms. The van der Waals surface area contributed by atoms with E-state index < -0.39 is 0 Å². The van der Waals surface area contributed by atoms with Gasteiger partial charge in [-0.2, -0.15) is 10.2 Å². The number of hydrogen-bond acceptors (Lipinski definition) is 4. The molecule has 2 heterocycles. The minimum atomic E-state index is -0.107. The molecule has 0 radical (unpaired) electrons. The Morgan fingerprint density at radius 3 is 2.74 bits per heavy atom. The molecule has 1 atom stereocenters. The molecule has 2 N–H and O–H groups in total. The van der Waals surface area contributed by atoms with Crippen LogP contribution in [0.3, 0.4) is 0 Å². The third-order valence-corrected chi connectivity index (χ3v) is 3.58. The van der Waals surface area contributed by atoms with Crippen LogP contribution in [0.1, 0.15) is 28.9 Å². The number of aromatic amines is 1. The van der Waals surface area contributed by atoms with Gasteiger partial charge in [-0.05, 0) is 31.5 Å². The lowest BCUT2D eigenvalue weighted by atomic mass is 10.1. The molecule has 7 nitrogen and oxygen atoms in total. The largest absolute Gasteiger partial charge is 0.350 e. The van der Waals surface area contributed by atoms with E-state index in [9.17, 15) is 4.79 Å². The van der Waals surface area contributed by atoms with Crippen molar-refractivity contribution in [3.63, 3.8) is 0 Å². The fourth-order valence-corrected chi connectivity index (χ4v) is 2.23. The second-order valence-electron chi connectivity index (χ2n) is 5.47. The summed E-state index contributed by atoms with van der Waals surface area (Å²) in [6, 6.07) is 7.33. The summed E-state index contributed by atoms with van der Waals surface area (Å²) in [6.45, 7) is 4.52. The van der Waals surface area contributed by atoms with Crippen LogP contribution in [0.2, 0.25) is 0 Å². The number of aryl methyl sites for hydroxylation is 1. The van der Waals surface area contributed by atoms with Gasteiger partial charge in [0.25, 0.3) is 5.91 Å². The molecule has 0 spiro atoms. The molecule has 0 aliphatic heterocycles. The maximum absolute atomic E-state index is 12.2. The maximum atomic E-state index is 12.2. The second-order valence-corrected chi connectivity index (χ2v) is 5.47. The summed E-state index contributed by atoms with van der Waals surface area (Å²) in [5.41, 5.74) is 2.60. The smallest absolute Gasteiger partial charge is 0.251 e. The van der Waals surface area contributed by atoms with E-state index in [4.69, 9.17) is 0 Å². The van der Waals surface area contributed by atoms with E-state index in [0.717, 1.165) is 11.1 Å². The normalized spacial score (nSPS) is 12.1. The number of nitrogens with one attached hydrogen (secondary N) is 2. The maximum Gasteiger partial charge on any atom is 0.251 e. The van der Waals surface area contributed by atoms with E-state index in [1.165, 1.54) is 6.33 Å². The van der Waals surface area contributed by atoms with Gasteiger partial charge in [0.1, 0.15) is 6.33 Å². The molecular weight excluding hydrogens is 292 g/mol. The predicted molar refractivity (Wildman–Crippen MR) is 85.8 cm³/mol. The Labute approximate surface area is 133 Å². The summed E-state index contributed by atoms with van der Waals surface area (Å²) >= 11 is 0. The Balaban J connectivity index is 1.60. The van der Waals surface area contributed by atoms with Gasteiger partial charge in [0, 0.05) is 23.9 Å². The van der Waals surface area contributed by atoms with Crippen LogP contribution in [-0.4, -0.2) is 37.4 Å². The molecule has 0 fully saturated rings. The van der Waals surface area contributed by atoms with Crippen molar-refractivity contribution in [2.24, 2.45) is 0 Å². The first kappa shape index (κ1) is 15.0. The Bertz CT molecular complexity index is 775. The van der Waals surface area contributed by atoms with E-state index in [2.05, 4.69) is 25.6 Å². The van der Waals surface area contributed by atoms with Gasteiger partial charge >= 0.3 is 0 Å². The van der Waals surface area contributed by atoms with Gasteiger partial charge in [-0.25, -0.2) is 4.98 Å². The van der Waals surface area contributed by atoms with E-state index in [1.54, 1.807) is 18.3 Å². The van der Waals surface area contributed by atoms with Crippen LogP contribution < -0.4 is 5.32 Å². The first-order chi connectivity index (χ1) is 11.1. The number of benzene rings is 1. The fourth-order valence-electron chi connectivity index (χ4n) is 2.23. The zero-order valence-corrected chi connectivity index (χ0v) is 13.0. The average Bonchev–Trinajstić information content (AvgIpc) is 3.24. The van der Waals surface area contributed by atoms with Crippen LogP contribution in [0.4, 0.5) is 0 Å². The Kier molecular flexibility index (Phi) is 4.18. The highest BCUT2D eigenvalue weighted by atomic mass is 16.1. The molecule has 1 unspecified atom stereocenters. The highest BCUT2D eigenvalue weighted by molar-refractivity contribution is 5.94. The first-order valence-electron chi connectivity index (χ1n) is 7.38. The van der Waals surface area contributed by atoms with Gasteiger partial charge in [0.15, 0.2) is 5.82 Å². The highest BCUT2D eigenvalue weighted by Gasteiger charge is 2.10. The molecule has 0 bridgehead atoms. The van der Waals surface area contributed by atoms with E-state index in [1.807, 2.05) is 36.9 Å².